The number of fused-ring (bicyclic) bond motifs is 3. The Morgan fingerprint density at radius 1 is 0.650 bits per heavy atom. The van der Waals surface area contributed by atoms with Crippen LogP contribution in [0, 0.1) is 0 Å². The summed E-state index contributed by atoms with van der Waals surface area (Å²) in [7, 11) is 0. The zero-order valence-electron chi connectivity index (χ0n) is 22.9. The molecule has 200 valence electrons. The van der Waals surface area contributed by atoms with Gasteiger partial charge in [-0.3, -0.25) is 0 Å². The molecule has 5 aromatic rings. The van der Waals surface area contributed by atoms with Crippen LogP contribution in [0.25, 0.3) is 11.1 Å². The molecule has 40 heavy (non-hydrogen) atoms. The van der Waals surface area contributed by atoms with Crippen LogP contribution in [0.3, 0.4) is 0 Å². The van der Waals surface area contributed by atoms with Crippen LogP contribution in [0.5, 0.6) is 5.75 Å². The first-order chi connectivity index (χ1) is 19.7. The molecule has 0 aromatic heterocycles. The number of ether oxygens (including phenoxy) is 2. The molecule has 0 saturated carbocycles. The standard InChI is InChI=1S/C37H35NO2/c1-37(28-12-4-2-5-13-28,29-14-6-3-7-15-29)24-36(40-30-22-20-27(25-38)21-23-30)39-26-35-33-18-10-8-16-31(33)32-17-9-11-19-34(32)35/h2-23,35-36H,24-26,38H2,1H3. The predicted octanol–water partition coefficient (Wildman–Crippen LogP) is 8.08. The summed E-state index contributed by atoms with van der Waals surface area (Å²) in [4.78, 5) is 0. The van der Waals surface area contributed by atoms with Gasteiger partial charge < -0.3 is 15.2 Å². The van der Waals surface area contributed by atoms with Crippen molar-refractivity contribution >= 4 is 0 Å². The fourth-order valence-corrected chi connectivity index (χ4v) is 5.98. The van der Waals surface area contributed by atoms with Gasteiger partial charge in [0.2, 0.25) is 6.29 Å². The molecule has 0 fully saturated rings. The Balaban J connectivity index is 1.34. The van der Waals surface area contributed by atoms with Crippen LogP contribution in [0.2, 0.25) is 0 Å². The molecule has 0 bridgehead atoms. The van der Waals surface area contributed by atoms with E-state index < -0.39 is 6.29 Å². The van der Waals surface area contributed by atoms with E-state index in [2.05, 4.69) is 116 Å². The summed E-state index contributed by atoms with van der Waals surface area (Å²) in [6.07, 6.45) is 0.171. The molecule has 3 nitrogen and oxygen atoms in total. The van der Waals surface area contributed by atoms with Crippen LogP contribution in [-0.2, 0) is 16.7 Å². The van der Waals surface area contributed by atoms with Crippen LogP contribution >= 0.6 is 0 Å². The second kappa shape index (κ2) is 11.5. The molecule has 0 amide bonds. The van der Waals surface area contributed by atoms with Gasteiger partial charge in [-0.25, -0.2) is 0 Å². The van der Waals surface area contributed by atoms with Crippen molar-refractivity contribution in [3.8, 4) is 16.9 Å². The van der Waals surface area contributed by atoms with E-state index >= 15 is 0 Å². The molecule has 1 aliphatic rings. The SMILES string of the molecule is CC(CC(OCC1c2ccccc2-c2ccccc21)Oc1ccc(CN)cc1)(c1ccccc1)c1ccccc1. The van der Waals surface area contributed by atoms with E-state index in [1.165, 1.54) is 33.4 Å². The molecule has 6 rings (SSSR count). The first-order valence-electron chi connectivity index (χ1n) is 14.0. The average Bonchev–Trinajstić information content (AvgIpc) is 3.34. The maximum atomic E-state index is 6.79. The molecule has 1 atom stereocenters. The van der Waals surface area contributed by atoms with Gasteiger partial charge in [-0.05, 0) is 51.1 Å². The molecule has 2 N–H and O–H groups in total. The van der Waals surface area contributed by atoms with Crippen LogP contribution < -0.4 is 10.5 Å². The second-order valence-corrected chi connectivity index (χ2v) is 10.7. The number of rotatable bonds is 10. The lowest BCUT2D eigenvalue weighted by Crippen LogP contribution is -2.34. The van der Waals surface area contributed by atoms with Gasteiger partial charge in [-0.2, -0.15) is 0 Å². The minimum absolute atomic E-state index is 0.151. The van der Waals surface area contributed by atoms with Crippen molar-refractivity contribution in [2.75, 3.05) is 6.61 Å². The van der Waals surface area contributed by atoms with Crippen molar-refractivity contribution < 1.29 is 9.47 Å². The van der Waals surface area contributed by atoms with E-state index in [-0.39, 0.29) is 11.3 Å². The van der Waals surface area contributed by atoms with Crippen LogP contribution in [0.15, 0.2) is 133 Å². The van der Waals surface area contributed by atoms with Gasteiger partial charge in [0, 0.05) is 24.3 Å². The Labute approximate surface area is 237 Å². The summed E-state index contributed by atoms with van der Waals surface area (Å²) < 4.78 is 13.4. The second-order valence-electron chi connectivity index (χ2n) is 10.7. The minimum atomic E-state index is -0.478. The minimum Gasteiger partial charge on any atom is -0.465 e. The molecule has 1 aliphatic carbocycles. The van der Waals surface area contributed by atoms with Gasteiger partial charge in [0.25, 0.3) is 0 Å². The lowest BCUT2D eigenvalue weighted by atomic mass is 9.73. The first-order valence-corrected chi connectivity index (χ1v) is 14.0. The van der Waals surface area contributed by atoms with E-state index in [4.69, 9.17) is 15.2 Å². The monoisotopic (exact) mass is 525 g/mol. The third kappa shape index (κ3) is 5.19. The highest BCUT2D eigenvalue weighted by atomic mass is 16.7. The van der Waals surface area contributed by atoms with Crippen molar-refractivity contribution in [2.24, 2.45) is 5.73 Å². The third-order valence-corrected chi connectivity index (χ3v) is 8.23. The van der Waals surface area contributed by atoms with Crippen molar-refractivity contribution in [1.29, 1.82) is 0 Å². The summed E-state index contributed by atoms with van der Waals surface area (Å²) in [5.74, 6) is 0.927. The first kappa shape index (κ1) is 26.1. The Bertz CT molecular complexity index is 1460. The van der Waals surface area contributed by atoms with Crippen LogP contribution in [0.1, 0.15) is 47.1 Å². The molecule has 5 aromatic carbocycles. The lowest BCUT2D eigenvalue weighted by molar-refractivity contribution is -0.0943. The highest BCUT2D eigenvalue weighted by molar-refractivity contribution is 5.78. The molecule has 0 spiro atoms. The van der Waals surface area contributed by atoms with Crippen molar-refractivity contribution in [1.82, 2.24) is 0 Å². The molecular formula is C37H35NO2. The van der Waals surface area contributed by atoms with Gasteiger partial charge in [-0.1, -0.05) is 128 Å². The number of benzene rings is 5. The Kier molecular flexibility index (Phi) is 7.50. The van der Waals surface area contributed by atoms with Crippen molar-refractivity contribution in [3.05, 3.63) is 161 Å². The van der Waals surface area contributed by atoms with Gasteiger partial charge in [0.1, 0.15) is 5.75 Å². The van der Waals surface area contributed by atoms with E-state index in [0.29, 0.717) is 19.6 Å². The Hall–Kier alpha value is -4.18. The fourth-order valence-electron chi connectivity index (χ4n) is 5.98. The topological polar surface area (TPSA) is 44.5 Å². The highest BCUT2D eigenvalue weighted by Crippen LogP contribution is 2.45. The zero-order chi connectivity index (χ0) is 27.4. The predicted molar refractivity (Wildman–Crippen MR) is 162 cm³/mol. The maximum absolute atomic E-state index is 6.79. The van der Waals surface area contributed by atoms with E-state index in [1.807, 2.05) is 24.3 Å². The fraction of sp³-hybridized carbons (Fsp3) is 0.189. The van der Waals surface area contributed by atoms with E-state index in [9.17, 15) is 0 Å². The maximum Gasteiger partial charge on any atom is 0.201 e. The van der Waals surface area contributed by atoms with E-state index in [0.717, 1.165) is 11.3 Å². The summed E-state index contributed by atoms with van der Waals surface area (Å²) >= 11 is 0. The van der Waals surface area contributed by atoms with Gasteiger partial charge in [-0.15, -0.1) is 0 Å². The smallest absolute Gasteiger partial charge is 0.201 e. The number of hydrogen-bond donors (Lipinski definition) is 1. The number of hydrogen-bond acceptors (Lipinski definition) is 3. The third-order valence-electron chi connectivity index (χ3n) is 8.23. The molecule has 1 unspecified atom stereocenters. The van der Waals surface area contributed by atoms with Gasteiger partial charge in [0.05, 0.1) is 6.61 Å². The largest absolute Gasteiger partial charge is 0.465 e. The Morgan fingerprint density at radius 3 is 1.68 bits per heavy atom. The molecule has 0 radical (unpaired) electrons. The van der Waals surface area contributed by atoms with Crippen LogP contribution in [0.4, 0.5) is 0 Å². The Morgan fingerprint density at radius 2 is 1.15 bits per heavy atom. The van der Waals surface area contributed by atoms with E-state index in [1.54, 1.807) is 0 Å². The van der Waals surface area contributed by atoms with Crippen molar-refractivity contribution in [2.45, 2.75) is 37.5 Å². The molecular weight excluding hydrogens is 490 g/mol. The summed E-state index contributed by atoms with van der Waals surface area (Å²) in [6.45, 7) is 3.31. The quantitative estimate of drug-likeness (QED) is 0.188. The summed E-state index contributed by atoms with van der Waals surface area (Å²) in [6, 6.07) is 46.7. The lowest BCUT2D eigenvalue weighted by Gasteiger charge is -2.35. The summed E-state index contributed by atoms with van der Waals surface area (Å²) in [5, 5.41) is 0. The van der Waals surface area contributed by atoms with Crippen molar-refractivity contribution in [3.63, 3.8) is 0 Å². The highest BCUT2D eigenvalue weighted by Gasteiger charge is 2.35. The van der Waals surface area contributed by atoms with Gasteiger partial charge in [0.15, 0.2) is 0 Å². The molecule has 3 heteroatoms. The number of nitrogens with two attached hydrogens (primary N) is 1. The molecule has 0 heterocycles. The normalized spacial score (nSPS) is 13.4. The summed E-state index contributed by atoms with van der Waals surface area (Å²) in [5.41, 5.74) is 14.3. The van der Waals surface area contributed by atoms with Crippen LogP contribution in [-0.4, -0.2) is 12.9 Å². The molecule has 0 saturated heterocycles. The zero-order valence-corrected chi connectivity index (χ0v) is 22.9. The average molecular weight is 526 g/mol. The molecule has 0 aliphatic heterocycles. The van der Waals surface area contributed by atoms with Gasteiger partial charge >= 0.3 is 0 Å².